The summed E-state index contributed by atoms with van der Waals surface area (Å²) < 4.78 is 1.70. The minimum atomic E-state index is 0.0503. The highest BCUT2D eigenvalue weighted by atomic mass is 35.5. The molecule has 1 N–H and O–H groups in total. The smallest absolute Gasteiger partial charge is 0.225 e. The molecule has 5 nitrogen and oxygen atoms in total. The van der Waals surface area contributed by atoms with Crippen molar-refractivity contribution < 1.29 is 4.79 Å². The maximum absolute atomic E-state index is 12.2. The number of unbranched alkanes of at least 4 members (excludes halogenated alkanes) is 1. The lowest BCUT2D eigenvalue weighted by Gasteiger charge is -2.26. The number of piperidine rings is 1. The van der Waals surface area contributed by atoms with Gasteiger partial charge in [-0.1, -0.05) is 30.2 Å². The fourth-order valence-electron chi connectivity index (χ4n) is 3.36. The summed E-state index contributed by atoms with van der Waals surface area (Å²) in [7, 11) is 1.84. The van der Waals surface area contributed by atoms with Crippen molar-refractivity contribution in [3.05, 3.63) is 35.4 Å². The molecule has 2 heterocycles. The number of amides is 1. The quantitative estimate of drug-likeness (QED) is 0.733. The van der Waals surface area contributed by atoms with Crippen molar-refractivity contribution in [1.29, 1.82) is 0 Å². The topological polar surface area (TPSA) is 50.2 Å². The monoisotopic (exact) mass is 374 g/mol. The predicted octanol–water partition coefficient (Wildman–Crippen LogP) is 4.34. The number of carbonyl (C=O) groups is 1. The van der Waals surface area contributed by atoms with Crippen molar-refractivity contribution in [2.24, 2.45) is 7.05 Å². The molecule has 0 spiro atoms. The molecule has 1 saturated heterocycles. The van der Waals surface area contributed by atoms with E-state index in [1.54, 1.807) is 4.68 Å². The van der Waals surface area contributed by atoms with E-state index in [0.29, 0.717) is 11.4 Å². The molecular formula is C20H27ClN4O. The second-order valence-electron chi connectivity index (χ2n) is 6.95. The molecule has 140 valence electrons. The maximum Gasteiger partial charge on any atom is 0.225 e. The van der Waals surface area contributed by atoms with E-state index in [1.807, 2.05) is 37.4 Å². The Morgan fingerprint density at radius 1 is 1.15 bits per heavy atom. The Balaban J connectivity index is 1.46. The van der Waals surface area contributed by atoms with Gasteiger partial charge in [0.1, 0.15) is 5.82 Å². The second-order valence-corrected chi connectivity index (χ2v) is 7.39. The van der Waals surface area contributed by atoms with Gasteiger partial charge < -0.3 is 10.2 Å². The summed E-state index contributed by atoms with van der Waals surface area (Å²) in [6.07, 6.45) is 6.55. The van der Waals surface area contributed by atoms with Gasteiger partial charge in [0.2, 0.25) is 5.91 Å². The lowest BCUT2D eigenvalue weighted by atomic mass is 10.1. The van der Waals surface area contributed by atoms with Crippen LogP contribution in [0.5, 0.6) is 0 Å². The Morgan fingerprint density at radius 2 is 1.88 bits per heavy atom. The van der Waals surface area contributed by atoms with Crippen LogP contribution in [0.25, 0.3) is 11.3 Å². The average Bonchev–Trinajstić information content (AvgIpc) is 3.01. The van der Waals surface area contributed by atoms with Gasteiger partial charge in [-0.2, -0.15) is 5.10 Å². The summed E-state index contributed by atoms with van der Waals surface area (Å²) in [5.41, 5.74) is 1.80. The van der Waals surface area contributed by atoms with Crippen molar-refractivity contribution in [3.8, 4) is 11.3 Å². The van der Waals surface area contributed by atoms with Gasteiger partial charge in [-0.15, -0.1) is 0 Å². The van der Waals surface area contributed by atoms with Gasteiger partial charge in [0.15, 0.2) is 0 Å². The SMILES string of the molecule is Cn1nc(-c2ccc(Cl)cc2)cc1NC(=O)CCCCN1CCCCC1. The molecule has 2 aromatic rings. The first-order chi connectivity index (χ1) is 12.6. The van der Waals surface area contributed by atoms with E-state index in [-0.39, 0.29) is 5.91 Å². The fraction of sp³-hybridized carbons (Fsp3) is 0.500. The number of aromatic nitrogens is 2. The molecule has 1 amide bonds. The molecule has 0 saturated carbocycles. The van der Waals surface area contributed by atoms with Crippen molar-refractivity contribution in [2.75, 3.05) is 25.0 Å². The molecular weight excluding hydrogens is 348 g/mol. The van der Waals surface area contributed by atoms with Crippen LogP contribution in [-0.4, -0.2) is 40.2 Å². The van der Waals surface area contributed by atoms with E-state index in [1.165, 1.54) is 32.4 Å². The zero-order valence-corrected chi connectivity index (χ0v) is 16.1. The summed E-state index contributed by atoms with van der Waals surface area (Å²) in [5.74, 6) is 0.769. The highest BCUT2D eigenvalue weighted by Gasteiger charge is 2.12. The standard InChI is InChI=1S/C20H27ClN4O/c1-24-19(15-18(23-24)16-8-10-17(21)11-9-16)22-20(26)7-3-6-14-25-12-4-2-5-13-25/h8-11,15H,2-7,12-14H2,1H3,(H,22,26). The minimum Gasteiger partial charge on any atom is -0.311 e. The molecule has 0 bridgehead atoms. The molecule has 0 atom stereocenters. The number of hydrogen-bond acceptors (Lipinski definition) is 3. The summed E-state index contributed by atoms with van der Waals surface area (Å²) in [6.45, 7) is 3.54. The average molecular weight is 375 g/mol. The number of aryl methyl sites for hydroxylation is 1. The predicted molar refractivity (Wildman–Crippen MR) is 106 cm³/mol. The summed E-state index contributed by atoms with van der Waals surface area (Å²) in [6, 6.07) is 9.43. The van der Waals surface area contributed by atoms with Crippen LogP contribution in [0.15, 0.2) is 30.3 Å². The number of halogens is 1. The second kappa shape index (κ2) is 9.19. The summed E-state index contributed by atoms with van der Waals surface area (Å²) in [5, 5.41) is 8.14. The van der Waals surface area contributed by atoms with Crippen LogP contribution in [0.3, 0.4) is 0 Å². The third-order valence-corrected chi connectivity index (χ3v) is 5.12. The number of nitrogens with zero attached hydrogens (tertiary/aromatic N) is 3. The van der Waals surface area contributed by atoms with E-state index < -0.39 is 0 Å². The highest BCUT2D eigenvalue weighted by molar-refractivity contribution is 6.30. The van der Waals surface area contributed by atoms with Gasteiger partial charge in [0.05, 0.1) is 5.69 Å². The van der Waals surface area contributed by atoms with Crippen LogP contribution < -0.4 is 5.32 Å². The Bertz CT molecular complexity index is 720. The van der Waals surface area contributed by atoms with E-state index >= 15 is 0 Å². The third kappa shape index (κ3) is 5.32. The third-order valence-electron chi connectivity index (χ3n) is 4.86. The molecule has 1 aliphatic heterocycles. The lowest BCUT2D eigenvalue weighted by molar-refractivity contribution is -0.116. The molecule has 6 heteroatoms. The number of likely N-dealkylation sites (tertiary alicyclic amines) is 1. The largest absolute Gasteiger partial charge is 0.311 e. The first kappa shape index (κ1) is 18.9. The first-order valence-electron chi connectivity index (χ1n) is 9.44. The van der Waals surface area contributed by atoms with Gasteiger partial charge in [0.25, 0.3) is 0 Å². The zero-order valence-electron chi connectivity index (χ0n) is 15.4. The molecule has 0 aliphatic carbocycles. The van der Waals surface area contributed by atoms with Gasteiger partial charge in [-0.25, -0.2) is 0 Å². The number of hydrogen-bond donors (Lipinski definition) is 1. The Labute approximate surface area is 160 Å². The van der Waals surface area contributed by atoms with E-state index in [0.717, 1.165) is 36.5 Å². The molecule has 1 aliphatic rings. The van der Waals surface area contributed by atoms with Crippen LogP contribution >= 0.6 is 11.6 Å². The molecule has 26 heavy (non-hydrogen) atoms. The summed E-state index contributed by atoms with van der Waals surface area (Å²) in [4.78, 5) is 14.7. The number of rotatable bonds is 7. The molecule has 1 aromatic heterocycles. The van der Waals surface area contributed by atoms with Crippen molar-refractivity contribution in [1.82, 2.24) is 14.7 Å². The molecule has 1 aromatic carbocycles. The zero-order chi connectivity index (χ0) is 18.4. The van der Waals surface area contributed by atoms with Gasteiger partial charge >= 0.3 is 0 Å². The Hall–Kier alpha value is -1.85. The van der Waals surface area contributed by atoms with Crippen LogP contribution in [-0.2, 0) is 11.8 Å². The normalized spacial score (nSPS) is 15.2. The number of benzene rings is 1. The van der Waals surface area contributed by atoms with Crippen molar-refractivity contribution in [3.63, 3.8) is 0 Å². The van der Waals surface area contributed by atoms with Gasteiger partial charge in [0, 0.05) is 30.1 Å². The number of anilines is 1. The summed E-state index contributed by atoms with van der Waals surface area (Å²) >= 11 is 5.93. The van der Waals surface area contributed by atoms with Crippen LogP contribution in [0.1, 0.15) is 38.5 Å². The van der Waals surface area contributed by atoms with Crippen LogP contribution in [0, 0.1) is 0 Å². The van der Waals surface area contributed by atoms with E-state index in [9.17, 15) is 4.79 Å². The van der Waals surface area contributed by atoms with Crippen molar-refractivity contribution >= 4 is 23.3 Å². The van der Waals surface area contributed by atoms with Crippen LogP contribution in [0.2, 0.25) is 5.02 Å². The highest BCUT2D eigenvalue weighted by Crippen LogP contribution is 2.23. The van der Waals surface area contributed by atoms with Crippen LogP contribution in [0.4, 0.5) is 5.82 Å². The lowest BCUT2D eigenvalue weighted by Crippen LogP contribution is -2.30. The fourth-order valence-corrected chi connectivity index (χ4v) is 3.48. The van der Waals surface area contributed by atoms with E-state index in [2.05, 4.69) is 15.3 Å². The molecule has 0 unspecified atom stereocenters. The first-order valence-corrected chi connectivity index (χ1v) is 9.82. The Kier molecular flexibility index (Phi) is 6.69. The minimum absolute atomic E-state index is 0.0503. The maximum atomic E-state index is 12.2. The van der Waals surface area contributed by atoms with Gasteiger partial charge in [-0.05, 0) is 57.5 Å². The number of carbonyl (C=O) groups excluding carboxylic acids is 1. The molecule has 0 radical (unpaired) electrons. The molecule has 1 fully saturated rings. The Morgan fingerprint density at radius 3 is 2.62 bits per heavy atom. The van der Waals surface area contributed by atoms with Crippen molar-refractivity contribution in [2.45, 2.75) is 38.5 Å². The number of nitrogens with one attached hydrogen (secondary N) is 1. The van der Waals surface area contributed by atoms with E-state index in [4.69, 9.17) is 11.6 Å². The van der Waals surface area contributed by atoms with Gasteiger partial charge in [-0.3, -0.25) is 9.48 Å². The molecule has 3 rings (SSSR count).